The van der Waals surface area contributed by atoms with Crippen molar-refractivity contribution >= 4 is 38.8 Å². The Labute approximate surface area is 180 Å². The molecule has 1 heterocycles. The number of para-hydroxylation sites is 1. The number of anilines is 2. The fraction of sp³-hybridized carbons (Fsp3) is 0.0435. The molecule has 156 valence electrons. The third-order valence-electron chi connectivity index (χ3n) is 5.02. The molecule has 0 saturated carbocycles. The smallest absolute Gasteiger partial charge is 0.282 e. The Kier molecular flexibility index (Phi) is 5.18. The van der Waals surface area contributed by atoms with E-state index in [1.807, 2.05) is 36.4 Å². The van der Waals surface area contributed by atoms with Crippen LogP contribution in [0.3, 0.4) is 0 Å². The number of imide groups is 1. The van der Waals surface area contributed by atoms with Crippen molar-refractivity contribution in [3.05, 3.63) is 96.2 Å². The van der Waals surface area contributed by atoms with Gasteiger partial charge in [0.25, 0.3) is 11.8 Å². The summed E-state index contributed by atoms with van der Waals surface area (Å²) in [7, 11) is -2.16. The van der Waals surface area contributed by atoms with Crippen molar-refractivity contribution in [2.45, 2.75) is 4.90 Å². The van der Waals surface area contributed by atoms with Crippen LogP contribution in [0.25, 0.3) is 5.57 Å². The van der Waals surface area contributed by atoms with Crippen LogP contribution in [0.1, 0.15) is 5.56 Å². The Morgan fingerprint density at radius 1 is 0.774 bits per heavy atom. The lowest BCUT2D eigenvalue weighted by atomic mass is 10.0. The summed E-state index contributed by atoms with van der Waals surface area (Å²) in [6.45, 7) is 0. The molecule has 3 aromatic rings. The van der Waals surface area contributed by atoms with E-state index in [0.717, 1.165) is 10.6 Å². The average molecular weight is 433 g/mol. The highest BCUT2D eigenvalue weighted by atomic mass is 32.2. The SMILES string of the molecule is CN(C1=C(c2ccccc2)C(=O)N(c2ccc(S(N)(=O)=O)cc2)C1=O)c1ccccc1. The normalized spacial score (nSPS) is 14.3. The molecule has 0 fully saturated rings. The summed E-state index contributed by atoms with van der Waals surface area (Å²) in [4.78, 5) is 29.5. The molecule has 0 aromatic heterocycles. The molecule has 4 rings (SSSR count). The largest absolute Gasteiger partial charge is 0.339 e. The lowest BCUT2D eigenvalue weighted by Gasteiger charge is -2.21. The molecule has 2 N–H and O–H groups in total. The van der Waals surface area contributed by atoms with E-state index in [-0.39, 0.29) is 21.9 Å². The third kappa shape index (κ3) is 3.74. The number of hydrogen-bond acceptors (Lipinski definition) is 5. The van der Waals surface area contributed by atoms with Crippen LogP contribution >= 0.6 is 0 Å². The number of nitrogens with zero attached hydrogens (tertiary/aromatic N) is 2. The van der Waals surface area contributed by atoms with Crippen LogP contribution in [-0.2, 0) is 19.6 Å². The van der Waals surface area contributed by atoms with Crippen LogP contribution in [0.5, 0.6) is 0 Å². The van der Waals surface area contributed by atoms with Crippen molar-refractivity contribution in [2.24, 2.45) is 5.14 Å². The second-order valence-corrected chi connectivity index (χ2v) is 8.53. The second kappa shape index (κ2) is 7.82. The van der Waals surface area contributed by atoms with E-state index >= 15 is 0 Å². The molecule has 7 nitrogen and oxygen atoms in total. The zero-order chi connectivity index (χ0) is 22.2. The number of primary sulfonamides is 1. The minimum absolute atomic E-state index is 0.104. The first-order valence-electron chi connectivity index (χ1n) is 9.39. The third-order valence-corrected chi connectivity index (χ3v) is 5.95. The van der Waals surface area contributed by atoms with Gasteiger partial charge in [-0.1, -0.05) is 48.5 Å². The van der Waals surface area contributed by atoms with Crippen LogP contribution in [0.15, 0.2) is 95.5 Å². The highest BCUT2D eigenvalue weighted by molar-refractivity contribution is 7.89. The highest BCUT2D eigenvalue weighted by Gasteiger charge is 2.42. The topological polar surface area (TPSA) is 101 Å². The van der Waals surface area contributed by atoms with E-state index in [0.29, 0.717) is 5.56 Å². The molecule has 0 unspecified atom stereocenters. The summed E-state index contributed by atoms with van der Waals surface area (Å²) in [5.41, 5.74) is 2.12. The summed E-state index contributed by atoms with van der Waals surface area (Å²) >= 11 is 0. The molecule has 0 bridgehead atoms. The molecule has 8 heteroatoms. The van der Waals surface area contributed by atoms with Gasteiger partial charge in [0.2, 0.25) is 10.0 Å². The van der Waals surface area contributed by atoms with Gasteiger partial charge in [0.05, 0.1) is 16.2 Å². The van der Waals surface area contributed by atoms with Gasteiger partial charge >= 0.3 is 0 Å². The van der Waals surface area contributed by atoms with Crippen LogP contribution in [0.2, 0.25) is 0 Å². The Bertz CT molecular complexity index is 1290. The maximum atomic E-state index is 13.5. The maximum Gasteiger partial charge on any atom is 0.282 e. The van der Waals surface area contributed by atoms with Gasteiger partial charge in [0.15, 0.2) is 0 Å². The minimum Gasteiger partial charge on any atom is -0.339 e. The van der Waals surface area contributed by atoms with Gasteiger partial charge in [-0.2, -0.15) is 0 Å². The fourth-order valence-electron chi connectivity index (χ4n) is 3.49. The molecular weight excluding hydrogens is 414 g/mol. The van der Waals surface area contributed by atoms with E-state index in [1.165, 1.54) is 24.3 Å². The van der Waals surface area contributed by atoms with E-state index in [2.05, 4.69) is 0 Å². The number of amides is 2. The standard InChI is InChI=1S/C23H19N3O4S/c1-25(17-10-6-3-7-11-17)21-20(16-8-4-2-5-9-16)22(27)26(23(21)28)18-12-14-19(15-13-18)31(24,29)30/h2-15H,1H3,(H2,24,29,30). The van der Waals surface area contributed by atoms with E-state index in [4.69, 9.17) is 5.14 Å². The van der Waals surface area contributed by atoms with Crippen LogP contribution in [0.4, 0.5) is 11.4 Å². The number of hydrogen-bond donors (Lipinski definition) is 1. The Morgan fingerprint density at radius 2 is 1.32 bits per heavy atom. The van der Waals surface area contributed by atoms with Crippen molar-refractivity contribution in [2.75, 3.05) is 16.8 Å². The average Bonchev–Trinajstić information content (AvgIpc) is 3.04. The molecule has 31 heavy (non-hydrogen) atoms. The number of benzene rings is 3. The monoisotopic (exact) mass is 433 g/mol. The zero-order valence-electron chi connectivity index (χ0n) is 16.6. The second-order valence-electron chi connectivity index (χ2n) is 6.97. The van der Waals surface area contributed by atoms with Crippen molar-refractivity contribution < 1.29 is 18.0 Å². The van der Waals surface area contributed by atoms with Gasteiger partial charge in [-0.15, -0.1) is 0 Å². The first-order valence-corrected chi connectivity index (χ1v) is 10.9. The van der Waals surface area contributed by atoms with Gasteiger partial charge in [0, 0.05) is 12.7 Å². The molecular formula is C23H19N3O4S. The predicted molar refractivity (Wildman–Crippen MR) is 119 cm³/mol. The van der Waals surface area contributed by atoms with Gasteiger partial charge in [0.1, 0.15) is 5.70 Å². The maximum absolute atomic E-state index is 13.5. The van der Waals surface area contributed by atoms with Gasteiger partial charge < -0.3 is 4.90 Å². The van der Waals surface area contributed by atoms with Gasteiger partial charge in [-0.25, -0.2) is 18.5 Å². The number of likely N-dealkylation sites (N-methyl/N-ethyl adjacent to an activating group) is 1. The summed E-state index contributed by atoms with van der Waals surface area (Å²) in [5, 5.41) is 5.15. The molecule has 0 spiro atoms. The Balaban J connectivity index is 1.83. The molecule has 1 aliphatic rings. The van der Waals surface area contributed by atoms with Crippen molar-refractivity contribution in [1.29, 1.82) is 0 Å². The zero-order valence-corrected chi connectivity index (χ0v) is 17.4. The molecule has 0 aliphatic carbocycles. The molecule has 3 aromatic carbocycles. The Hall–Kier alpha value is -3.75. The number of carbonyl (C=O) groups excluding carboxylic acids is 2. The van der Waals surface area contributed by atoms with Crippen LogP contribution in [-0.4, -0.2) is 27.3 Å². The number of sulfonamides is 1. The Morgan fingerprint density at radius 3 is 1.87 bits per heavy atom. The van der Waals surface area contributed by atoms with E-state index in [9.17, 15) is 18.0 Å². The van der Waals surface area contributed by atoms with Crippen molar-refractivity contribution in [1.82, 2.24) is 0 Å². The fourth-order valence-corrected chi connectivity index (χ4v) is 4.01. The summed E-state index contributed by atoms with van der Waals surface area (Å²) in [6, 6.07) is 23.5. The first kappa shape index (κ1) is 20.5. The molecule has 0 atom stereocenters. The predicted octanol–water partition coefficient (Wildman–Crippen LogP) is 2.75. The quantitative estimate of drug-likeness (QED) is 0.624. The lowest BCUT2D eigenvalue weighted by molar-refractivity contribution is -0.120. The minimum atomic E-state index is -3.89. The van der Waals surface area contributed by atoms with E-state index in [1.54, 1.807) is 36.2 Å². The van der Waals surface area contributed by atoms with Crippen molar-refractivity contribution in [3.63, 3.8) is 0 Å². The molecule has 0 radical (unpaired) electrons. The van der Waals surface area contributed by atoms with Crippen LogP contribution < -0.4 is 14.9 Å². The lowest BCUT2D eigenvalue weighted by Crippen LogP contribution is -2.34. The van der Waals surface area contributed by atoms with Crippen LogP contribution in [0, 0.1) is 0 Å². The summed E-state index contributed by atoms with van der Waals surface area (Å²) < 4.78 is 23.1. The molecule has 0 saturated heterocycles. The number of rotatable bonds is 5. The van der Waals surface area contributed by atoms with E-state index < -0.39 is 21.8 Å². The number of nitrogens with two attached hydrogens (primary N) is 1. The van der Waals surface area contributed by atoms with Crippen molar-refractivity contribution in [3.8, 4) is 0 Å². The molecule has 1 aliphatic heterocycles. The van der Waals surface area contributed by atoms with Gasteiger partial charge in [-0.05, 0) is 42.0 Å². The first-order chi connectivity index (χ1) is 14.8. The summed E-state index contributed by atoms with van der Waals surface area (Å²) in [6.07, 6.45) is 0. The number of carbonyl (C=O) groups is 2. The highest BCUT2D eigenvalue weighted by Crippen LogP contribution is 2.36. The van der Waals surface area contributed by atoms with Gasteiger partial charge in [-0.3, -0.25) is 9.59 Å². The molecule has 2 amide bonds. The summed E-state index contributed by atoms with van der Waals surface area (Å²) in [5.74, 6) is -0.990.